The summed E-state index contributed by atoms with van der Waals surface area (Å²) in [6, 6.07) is 0. The molecule has 0 aliphatic carbocycles. The van der Waals surface area contributed by atoms with Gasteiger partial charge in [-0.25, -0.2) is 4.98 Å². The number of carbonyl (C=O) groups is 1. The molecule has 1 rings (SSSR count). The molecule has 0 aliphatic heterocycles. The lowest BCUT2D eigenvalue weighted by molar-refractivity contribution is -0.140. The number of aromatic nitrogens is 2. The molecule has 0 saturated carbocycles. The number of imidazole rings is 1. The van der Waals surface area contributed by atoms with E-state index in [0.717, 1.165) is 18.9 Å². The van der Waals surface area contributed by atoms with Crippen LogP contribution in [0.15, 0.2) is 12.4 Å². The molecule has 15 heavy (non-hydrogen) atoms. The minimum absolute atomic E-state index is 0.164. The van der Waals surface area contributed by atoms with Crippen LogP contribution in [-0.2, 0) is 16.6 Å². The monoisotopic (exact) mass is 211 g/mol. The number of hydrogen-bond acceptors (Lipinski definition) is 4. The lowest BCUT2D eigenvalue weighted by atomic mass is 10.3. The molecular formula is C10H17N3O2. The predicted octanol–water partition coefficient (Wildman–Crippen LogP) is 0.809. The molecule has 0 radical (unpaired) electrons. The molecule has 5 heteroatoms. The van der Waals surface area contributed by atoms with Crippen molar-refractivity contribution in [1.82, 2.24) is 9.55 Å². The van der Waals surface area contributed by atoms with Gasteiger partial charge in [-0.2, -0.15) is 0 Å². The number of hydrogen-bond donors (Lipinski definition) is 0. The van der Waals surface area contributed by atoms with Crippen molar-refractivity contribution in [2.45, 2.75) is 12.8 Å². The summed E-state index contributed by atoms with van der Waals surface area (Å²) in [7, 11) is 5.31. The quantitative estimate of drug-likeness (QED) is 0.676. The topological polar surface area (TPSA) is 47.4 Å². The summed E-state index contributed by atoms with van der Waals surface area (Å²) in [6.07, 6.45) is 4.87. The van der Waals surface area contributed by atoms with E-state index in [4.69, 9.17) is 0 Å². The van der Waals surface area contributed by atoms with E-state index in [0.29, 0.717) is 6.42 Å². The number of rotatable bonds is 5. The summed E-state index contributed by atoms with van der Waals surface area (Å²) in [5.41, 5.74) is 0. The SMILES string of the molecule is COC(=O)CCCN(C)c1nccn1C. The number of carbonyl (C=O) groups excluding carboxylic acids is 1. The zero-order valence-corrected chi connectivity index (χ0v) is 9.43. The fourth-order valence-electron chi connectivity index (χ4n) is 1.39. The van der Waals surface area contributed by atoms with Crippen molar-refractivity contribution in [3.05, 3.63) is 12.4 Å². The van der Waals surface area contributed by atoms with Crippen molar-refractivity contribution in [2.75, 3.05) is 25.6 Å². The van der Waals surface area contributed by atoms with E-state index < -0.39 is 0 Å². The fourth-order valence-corrected chi connectivity index (χ4v) is 1.39. The Balaban J connectivity index is 2.34. The highest BCUT2D eigenvalue weighted by atomic mass is 16.5. The summed E-state index contributed by atoms with van der Waals surface area (Å²) >= 11 is 0. The number of aryl methyl sites for hydroxylation is 1. The van der Waals surface area contributed by atoms with Gasteiger partial charge < -0.3 is 14.2 Å². The minimum Gasteiger partial charge on any atom is -0.469 e. The average Bonchev–Trinajstić information content (AvgIpc) is 2.64. The van der Waals surface area contributed by atoms with Gasteiger partial charge in [-0.05, 0) is 6.42 Å². The maximum Gasteiger partial charge on any atom is 0.305 e. The van der Waals surface area contributed by atoms with Gasteiger partial charge in [0.1, 0.15) is 0 Å². The Morgan fingerprint density at radius 2 is 2.40 bits per heavy atom. The van der Waals surface area contributed by atoms with Crippen LogP contribution < -0.4 is 4.90 Å². The molecule has 1 aromatic heterocycles. The summed E-state index contributed by atoms with van der Waals surface area (Å²) in [5.74, 6) is 0.739. The van der Waals surface area contributed by atoms with Gasteiger partial charge in [-0.1, -0.05) is 0 Å². The van der Waals surface area contributed by atoms with Gasteiger partial charge in [0, 0.05) is 39.5 Å². The zero-order valence-electron chi connectivity index (χ0n) is 9.43. The maximum absolute atomic E-state index is 10.9. The first-order valence-corrected chi connectivity index (χ1v) is 4.90. The Kier molecular flexibility index (Phi) is 4.15. The summed E-state index contributed by atoms with van der Waals surface area (Å²) < 4.78 is 6.51. The van der Waals surface area contributed by atoms with Crippen LogP contribution in [-0.4, -0.2) is 36.2 Å². The van der Waals surface area contributed by atoms with E-state index in [1.165, 1.54) is 7.11 Å². The van der Waals surface area contributed by atoms with Gasteiger partial charge >= 0.3 is 5.97 Å². The van der Waals surface area contributed by atoms with E-state index in [-0.39, 0.29) is 5.97 Å². The molecular weight excluding hydrogens is 194 g/mol. The largest absolute Gasteiger partial charge is 0.469 e. The standard InChI is InChI=1S/C10H17N3O2/c1-12(7-4-5-9(14)15-3)10-11-6-8-13(10)2/h6,8H,4-5,7H2,1-3H3. The fraction of sp³-hybridized carbons (Fsp3) is 0.600. The third-order valence-electron chi connectivity index (χ3n) is 2.24. The first-order chi connectivity index (χ1) is 7.15. The Labute approximate surface area is 89.7 Å². The highest BCUT2D eigenvalue weighted by Gasteiger charge is 2.06. The molecule has 1 aromatic rings. The molecule has 5 nitrogen and oxygen atoms in total. The van der Waals surface area contributed by atoms with Crippen molar-refractivity contribution < 1.29 is 9.53 Å². The van der Waals surface area contributed by atoms with Crippen LogP contribution in [0.3, 0.4) is 0 Å². The van der Waals surface area contributed by atoms with Crippen LogP contribution in [0.5, 0.6) is 0 Å². The zero-order chi connectivity index (χ0) is 11.3. The molecule has 0 spiro atoms. The number of nitrogens with zero attached hydrogens (tertiary/aromatic N) is 3. The Bertz CT molecular complexity index is 322. The van der Waals surface area contributed by atoms with Crippen LogP contribution >= 0.6 is 0 Å². The van der Waals surface area contributed by atoms with Gasteiger partial charge in [0.05, 0.1) is 7.11 Å². The molecule has 0 aromatic carbocycles. The lowest BCUT2D eigenvalue weighted by Crippen LogP contribution is -2.22. The Hall–Kier alpha value is -1.52. The van der Waals surface area contributed by atoms with Crippen molar-refractivity contribution in [3.8, 4) is 0 Å². The highest BCUT2D eigenvalue weighted by Crippen LogP contribution is 2.08. The van der Waals surface area contributed by atoms with E-state index in [1.807, 2.05) is 29.8 Å². The van der Waals surface area contributed by atoms with Crippen LogP contribution in [0.4, 0.5) is 5.95 Å². The molecule has 0 amide bonds. The lowest BCUT2D eigenvalue weighted by Gasteiger charge is -2.17. The molecule has 0 saturated heterocycles. The highest BCUT2D eigenvalue weighted by molar-refractivity contribution is 5.69. The van der Waals surface area contributed by atoms with Gasteiger partial charge in [0.2, 0.25) is 5.95 Å². The molecule has 0 bridgehead atoms. The van der Waals surface area contributed by atoms with Crippen LogP contribution in [0.2, 0.25) is 0 Å². The molecule has 1 heterocycles. The molecule has 0 unspecified atom stereocenters. The van der Waals surface area contributed by atoms with E-state index in [1.54, 1.807) is 6.20 Å². The van der Waals surface area contributed by atoms with Gasteiger partial charge in [0.25, 0.3) is 0 Å². The molecule has 0 aliphatic rings. The van der Waals surface area contributed by atoms with Crippen molar-refractivity contribution in [1.29, 1.82) is 0 Å². The Morgan fingerprint density at radius 3 is 2.93 bits per heavy atom. The number of esters is 1. The van der Waals surface area contributed by atoms with Crippen LogP contribution in [0, 0.1) is 0 Å². The van der Waals surface area contributed by atoms with Crippen LogP contribution in [0.25, 0.3) is 0 Å². The summed E-state index contributed by atoms with van der Waals surface area (Å²) in [6.45, 7) is 0.792. The number of anilines is 1. The maximum atomic E-state index is 10.9. The predicted molar refractivity (Wildman–Crippen MR) is 57.7 cm³/mol. The normalized spacial score (nSPS) is 10.1. The van der Waals surface area contributed by atoms with Crippen molar-refractivity contribution in [3.63, 3.8) is 0 Å². The second-order valence-electron chi connectivity index (χ2n) is 3.44. The van der Waals surface area contributed by atoms with E-state index >= 15 is 0 Å². The number of methoxy groups -OCH3 is 1. The van der Waals surface area contributed by atoms with Crippen LogP contribution in [0.1, 0.15) is 12.8 Å². The average molecular weight is 211 g/mol. The smallest absolute Gasteiger partial charge is 0.305 e. The van der Waals surface area contributed by atoms with Gasteiger partial charge in [0.15, 0.2) is 0 Å². The van der Waals surface area contributed by atoms with Gasteiger partial charge in [-0.3, -0.25) is 4.79 Å². The molecule has 0 fully saturated rings. The minimum atomic E-state index is -0.164. The second kappa shape index (κ2) is 5.38. The summed E-state index contributed by atoms with van der Waals surface area (Å²) in [4.78, 5) is 17.1. The third-order valence-corrected chi connectivity index (χ3v) is 2.24. The van der Waals surface area contributed by atoms with Crippen molar-refractivity contribution in [2.24, 2.45) is 7.05 Å². The third kappa shape index (κ3) is 3.27. The second-order valence-corrected chi connectivity index (χ2v) is 3.44. The molecule has 0 atom stereocenters. The van der Waals surface area contributed by atoms with Gasteiger partial charge in [-0.15, -0.1) is 0 Å². The first kappa shape index (κ1) is 11.6. The Morgan fingerprint density at radius 1 is 1.67 bits per heavy atom. The van der Waals surface area contributed by atoms with E-state index in [9.17, 15) is 4.79 Å². The first-order valence-electron chi connectivity index (χ1n) is 4.90. The number of ether oxygens (including phenoxy) is 1. The van der Waals surface area contributed by atoms with E-state index in [2.05, 4.69) is 9.72 Å². The molecule has 84 valence electrons. The van der Waals surface area contributed by atoms with Crippen molar-refractivity contribution >= 4 is 11.9 Å². The molecule has 0 N–H and O–H groups in total. The summed E-state index contributed by atoms with van der Waals surface area (Å²) in [5, 5.41) is 0.